The third kappa shape index (κ3) is 4.87. The third-order valence-electron chi connectivity index (χ3n) is 3.26. The highest BCUT2D eigenvalue weighted by molar-refractivity contribution is 7.89. The maximum atomic E-state index is 13.9. The molecule has 1 aromatic carbocycles. The van der Waals surface area contributed by atoms with Crippen molar-refractivity contribution in [1.82, 2.24) is 4.31 Å². The Hall–Kier alpha value is -1.22. The first-order valence-electron chi connectivity index (χ1n) is 6.60. The zero-order chi connectivity index (χ0) is 17.1. The number of sulfonamides is 1. The summed E-state index contributed by atoms with van der Waals surface area (Å²) in [6.07, 6.45) is 0. The number of nitrogens with two attached hydrogens (primary N) is 1. The summed E-state index contributed by atoms with van der Waals surface area (Å²) in [5.74, 6) is -1.98. The van der Waals surface area contributed by atoms with Gasteiger partial charge in [-0.3, -0.25) is 0 Å². The molecule has 0 fully saturated rings. The molecule has 6 nitrogen and oxygen atoms in total. The minimum Gasteiger partial charge on any atom is -0.465 e. The summed E-state index contributed by atoms with van der Waals surface area (Å²) in [7, 11) is -1.63. The molecule has 1 rings (SSSR count). The average Bonchev–Trinajstić information content (AvgIpc) is 2.45. The average molecular weight is 369 g/mol. The van der Waals surface area contributed by atoms with E-state index in [1.54, 1.807) is 0 Å². The fraction of sp³-hybridized carbons (Fsp3) is 0.500. The van der Waals surface area contributed by atoms with Crippen LogP contribution < -0.4 is 5.73 Å². The lowest BCUT2D eigenvalue weighted by molar-refractivity contribution is 0.0590. The highest BCUT2D eigenvalue weighted by Crippen LogP contribution is 2.25. The van der Waals surface area contributed by atoms with Gasteiger partial charge in [-0.25, -0.2) is 21.9 Å². The van der Waals surface area contributed by atoms with Crippen LogP contribution in [-0.4, -0.2) is 45.9 Å². The molecule has 0 spiro atoms. The Labute approximate surface area is 142 Å². The second-order valence-electron chi connectivity index (χ2n) is 5.73. The van der Waals surface area contributed by atoms with E-state index in [1.165, 1.54) is 19.2 Å². The monoisotopic (exact) mass is 368 g/mol. The van der Waals surface area contributed by atoms with Gasteiger partial charge in [0.05, 0.1) is 12.0 Å². The third-order valence-corrected chi connectivity index (χ3v) is 5.10. The summed E-state index contributed by atoms with van der Waals surface area (Å²) >= 11 is 0. The number of rotatable bonds is 6. The molecule has 1 aromatic rings. The number of ether oxygens (including phenoxy) is 1. The lowest BCUT2D eigenvalue weighted by atomic mass is 9.94. The van der Waals surface area contributed by atoms with Crippen LogP contribution in [0.15, 0.2) is 23.1 Å². The first kappa shape index (κ1) is 21.8. The van der Waals surface area contributed by atoms with Gasteiger partial charge in [0.2, 0.25) is 10.0 Å². The minimum absolute atomic E-state index is 0. The lowest BCUT2D eigenvalue weighted by Crippen LogP contribution is -2.40. The molecule has 0 saturated heterocycles. The molecule has 0 bridgehead atoms. The Morgan fingerprint density at radius 2 is 1.96 bits per heavy atom. The van der Waals surface area contributed by atoms with E-state index in [0.717, 1.165) is 17.5 Å². The summed E-state index contributed by atoms with van der Waals surface area (Å²) in [5.41, 5.74) is 4.55. The largest absolute Gasteiger partial charge is 0.465 e. The summed E-state index contributed by atoms with van der Waals surface area (Å²) in [6.45, 7) is 4.03. The summed E-state index contributed by atoms with van der Waals surface area (Å²) in [4.78, 5) is 11.3. The van der Waals surface area contributed by atoms with E-state index in [0.29, 0.717) is 0 Å². The number of halogens is 2. The van der Waals surface area contributed by atoms with Crippen LogP contribution in [0.3, 0.4) is 0 Å². The molecular formula is C14H22ClFN2O4S. The maximum Gasteiger partial charge on any atom is 0.342 e. The molecule has 0 aliphatic heterocycles. The number of hydrogen-bond acceptors (Lipinski definition) is 5. The Bertz CT molecular complexity index is 665. The number of benzene rings is 1. The number of esters is 1. The molecule has 0 unspecified atom stereocenters. The molecular weight excluding hydrogens is 347 g/mol. The smallest absolute Gasteiger partial charge is 0.342 e. The second-order valence-corrected chi connectivity index (χ2v) is 7.75. The topological polar surface area (TPSA) is 89.7 Å². The van der Waals surface area contributed by atoms with E-state index in [4.69, 9.17) is 5.73 Å². The van der Waals surface area contributed by atoms with E-state index in [1.807, 2.05) is 13.8 Å². The van der Waals surface area contributed by atoms with Gasteiger partial charge in [0, 0.05) is 13.6 Å². The molecule has 0 aromatic heterocycles. The molecule has 132 valence electrons. The summed E-state index contributed by atoms with van der Waals surface area (Å²) in [6, 6.07) is 3.42. The fourth-order valence-corrected chi connectivity index (χ4v) is 3.48. The van der Waals surface area contributed by atoms with Crippen LogP contribution in [0.25, 0.3) is 0 Å². The first-order valence-corrected chi connectivity index (χ1v) is 8.04. The number of methoxy groups -OCH3 is 1. The summed E-state index contributed by atoms with van der Waals surface area (Å²) < 4.78 is 44.7. The summed E-state index contributed by atoms with van der Waals surface area (Å²) in [5, 5.41) is 0. The second kappa shape index (κ2) is 8.05. The van der Waals surface area contributed by atoms with Crippen molar-refractivity contribution in [3.05, 3.63) is 29.6 Å². The number of carbonyl (C=O) groups excluding carboxylic acids is 1. The van der Waals surface area contributed by atoms with Crippen molar-refractivity contribution in [2.24, 2.45) is 11.1 Å². The van der Waals surface area contributed by atoms with E-state index < -0.39 is 37.7 Å². The van der Waals surface area contributed by atoms with Crippen molar-refractivity contribution in [2.75, 3.05) is 27.2 Å². The molecule has 0 amide bonds. The molecule has 0 heterocycles. The van der Waals surface area contributed by atoms with Crippen molar-refractivity contribution in [3.8, 4) is 0 Å². The molecule has 0 atom stereocenters. The molecule has 23 heavy (non-hydrogen) atoms. The number of hydrogen-bond donors (Lipinski definition) is 1. The molecule has 0 aliphatic carbocycles. The normalized spacial score (nSPS) is 12.0. The van der Waals surface area contributed by atoms with Gasteiger partial charge in [-0.2, -0.15) is 0 Å². The first-order chi connectivity index (χ1) is 10.1. The van der Waals surface area contributed by atoms with Crippen LogP contribution >= 0.6 is 12.4 Å². The van der Waals surface area contributed by atoms with Crippen LogP contribution in [0.5, 0.6) is 0 Å². The predicted octanol–water partition coefficient (Wildman–Crippen LogP) is 1.64. The van der Waals surface area contributed by atoms with Gasteiger partial charge >= 0.3 is 5.97 Å². The van der Waals surface area contributed by atoms with Gasteiger partial charge in [-0.15, -0.1) is 12.4 Å². The van der Waals surface area contributed by atoms with Crippen molar-refractivity contribution in [3.63, 3.8) is 0 Å². The predicted molar refractivity (Wildman–Crippen MR) is 87.6 cm³/mol. The van der Waals surface area contributed by atoms with Gasteiger partial charge in [0.15, 0.2) is 0 Å². The quantitative estimate of drug-likeness (QED) is 0.771. The standard InChI is InChI=1S/C14H21FN2O4S.ClH/c1-14(2,8-16)9-17(3)22(19,20)11-7-5-6-10(15)12(11)13(18)21-4;/h5-7H,8-9,16H2,1-4H3;1H. The van der Waals surface area contributed by atoms with Gasteiger partial charge in [0.25, 0.3) is 0 Å². The van der Waals surface area contributed by atoms with Gasteiger partial charge in [0.1, 0.15) is 11.4 Å². The number of carbonyl (C=O) groups is 1. The Kier molecular flexibility index (Phi) is 7.62. The fourth-order valence-electron chi connectivity index (χ4n) is 1.94. The Morgan fingerprint density at radius 3 is 2.43 bits per heavy atom. The highest BCUT2D eigenvalue weighted by Gasteiger charge is 2.32. The van der Waals surface area contributed by atoms with Gasteiger partial charge < -0.3 is 10.5 Å². The molecule has 2 N–H and O–H groups in total. The van der Waals surface area contributed by atoms with Crippen LogP contribution in [0, 0.1) is 11.2 Å². The molecule has 0 aliphatic rings. The van der Waals surface area contributed by atoms with Crippen molar-refractivity contribution in [2.45, 2.75) is 18.7 Å². The van der Waals surface area contributed by atoms with Gasteiger partial charge in [-0.05, 0) is 24.1 Å². The number of nitrogens with zero attached hydrogens (tertiary/aromatic N) is 1. The van der Waals surface area contributed by atoms with Crippen LogP contribution in [-0.2, 0) is 14.8 Å². The molecule has 0 saturated carbocycles. The van der Waals surface area contributed by atoms with Gasteiger partial charge in [-0.1, -0.05) is 19.9 Å². The van der Waals surface area contributed by atoms with Crippen LogP contribution in [0.2, 0.25) is 0 Å². The van der Waals surface area contributed by atoms with E-state index in [2.05, 4.69) is 4.74 Å². The SMILES string of the molecule is COC(=O)c1c(F)cccc1S(=O)(=O)N(C)CC(C)(C)CN.Cl. The van der Waals surface area contributed by atoms with E-state index in [9.17, 15) is 17.6 Å². The maximum absolute atomic E-state index is 13.9. The van der Waals surface area contributed by atoms with Crippen LogP contribution in [0.4, 0.5) is 4.39 Å². The van der Waals surface area contributed by atoms with E-state index in [-0.39, 0.29) is 25.5 Å². The lowest BCUT2D eigenvalue weighted by Gasteiger charge is -2.28. The Balaban J connectivity index is 0.00000484. The van der Waals surface area contributed by atoms with Crippen molar-refractivity contribution < 1.29 is 22.3 Å². The van der Waals surface area contributed by atoms with Crippen molar-refractivity contribution in [1.29, 1.82) is 0 Å². The zero-order valence-electron chi connectivity index (χ0n) is 13.5. The van der Waals surface area contributed by atoms with E-state index >= 15 is 0 Å². The molecule has 0 radical (unpaired) electrons. The highest BCUT2D eigenvalue weighted by atomic mass is 35.5. The Morgan fingerprint density at radius 1 is 1.39 bits per heavy atom. The minimum atomic E-state index is -4.05. The molecule has 9 heteroatoms. The van der Waals surface area contributed by atoms with Crippen molar-refractivity contribution >= 4 is 28.4 Å². The van der Waals surface area contributed by atoms with Crippen LogP contribution in [0.1, 0.15) is 24.2 Å². The zero-order valence-corrected chi connectivity index (χ0v) is 15.1.